The number of nitrogens with one attached hydrogen (secondary N) is 1. The molecule has 2 fully saturated rings. The topological polar surface area (TPSA) is 44.8 Å². The Kier molecular flexibility index (Phi) is 6.82. The molecular weight excluding hydrogens is 371 g/mol. The van der Waals surface area contributed by atoms with Gasteiger partial charge in [0.15, 0.2) is 0 Å². The molecule has 0 atom stereocenters. The third kappa shape index (κ3) is 6.10. The van der Waals surface area contributed by atoms with Crippen LogP contribution < -0.4 is 5.32 Å². The molecule has 156 valence electrons. The molecule has 1 N–H and O–H groups in total. The summed E-state index contributed by atoms with van der Waals surface area (Å²) in [6, 6.07) is 10.3. The number of carbonyl (C=O) groups is 1. The molecule has 1 aliphatic carbocycles. The summed E-state index contributed by atoms with van der Waals surface area (Å²) in [5.41, 5.74) is 1.38. The third-order valence-corrected chi connectivity index (χ3v) is 5.51. The number of alkyl halides is 3. The SMILES string of the molecule is O=C(NCC1(c2ccccc2)CC1)N1CCN(CCCOCC(F)(F)F)CC1. The molecule has 28 heavy (non-hydrogen) atoms. The zero-order valence-electron chi connectivity index (χ0n) is 16.0. The molecule has 1 aliphatic heterocycles. The monoisotopic (exact) mass is 399 g/mol. The Labute approximate surface area is 163 Å². The zero-order chi connectivity index (χ0) is 20.0. The average Bonchev–Trinajstić information content (AvgIpc) is 3.47. The highest BCUT2D eigenvalue weighted by Crippen LogP contribution is 2.47. The van der Waals surface area contributed by atoms with Crippen LogP contribution in [-0.4, -0.2) is 74.5 Å². The number of benzene rings is 1. The van der Waals surface area contributed by atoms with E-state index in [1.54, 1.807) is 0 Å². The fourth-order valence-electron chi connectivity index (χ4n) is 3.62. The summed E-state index contributed by atoms with van der Waals surface area (Å²) in [6.45, 7) is 2.98. The lowest BCUT2D eigenvalue weighted by Crippen LogP contribution is -2.52. The summed E-state index contributed by atoms with van der Waals surface area (Å²) in [6.07, 6.45) is -1.51. The van der Waals surface area contributed by atoms with Gasteiger partial charge in [-0.05, 0) is 24.8 Å². The second-order valence-electron chi connectivity index (χ2n) is 7.66. The molecule has 1 saturated heterocycles. The summed E-state index contributed by atoms with van der Waals surface area (Å²) in [4.78, 5) is 16.5. The molecule has 2 amide bonds. The number of hydrogen-bond donors (Lipinski definition) is 1. The van der Waals surface area contributed by atoms with Crippen LogP contribution in [0.25, 0.3) is 0 Å². The van der Waals surface area contributed by atoms with Crippen molar-refractivity contribution in [3.63, 3.8) is 0 Å². The predicted octanol–water partition coefficient (Wildman–Crippen LogP) is 3.01. The maximum Gasteiger partial charge on any atom is 0.411 e. The minimum atomic E-state index is -4.27. The van der Waals surface area contributed by atoms with Gasteiger partial charge in [0.05, 0.1) is 0 Å². The van der Waals surface area contributed by atoms with Gasteiger partial charge in [-0.3, -0.25) is 4.90 Å². The Hall–Kier alpha value is -1.80. The van der Waals surface area contributed by atoms with Crippen LogP contribution in [0.15, 0.2) is 30.3 Å². The lowest BCUT2D eigenvalue weighted by Gasteiger charge is -2.35. The van der Waals surface area contributed by atoms with Crippen molar-refractivity contribution < 1.29 is 22.7 Å². The highest BCUT2D eigenvalue weighted by atomic mass is 19.4. The molecule has 3 rings (SSSR count). The van der Waals surface area contributed by atoms with Crippen LogP contribution >= 0.6 is 0 Å². The van der Waals surface area contributed by atoms with Crippen molar-refractivity contribution in [3.05, 3.63) is 35.9 Å². The van der Waals surface area contributed by atoms with Crippen LogP contribution in [0.3, 0.4) is 0 Å². The molecule has 1 saturated carbocycles. The van der Waals surface area contributed by atoms with Crippen LogP contribution in [0.2, 0.25) is 0 Å². The van der Waals surface area contributed by atoms with Gasteiger partial charge in [-0.25, -0.2) is 4.79 Å². The third-order valence-electron chi connectivity index (χ3n) is 5.51. The minimum absolute atomic E-state index is 0.0321. The standard InChI is InChI=1S/C20H28F3N3O2/c21-20(22,23)16-28-14-4-9-25-10-12-26(13-11-25)18(27)24-15-19(7-8-19)17-5-2-1-3-6-17/h1-3,5-6H,4,7-16H2,(H,24,27). The quantitative estimate of drug-likeness (QED) is 0.684. The Morgan fingerprint density at radius 2 is 1.79 bits per heavy atom. The van der Waals surface area contributed by atoms with Crippen molar-refractivity contribution in [1.29, 1.82) is 0 Å². The predicted molar refractivity (Wildman–Crippen MR) is 100 cm³/mol. The van der Waals surface area contributed by atoms with Gasteiger partial charge >= 0.3 is 12.2 Å². The van der Waals surface area contributed by atoms with E-state index in [-0.39, 0.29) is 18.1 Å². The molecule has 1 aromatic carbocycles. The molecule has 1 heterocycles. The normalized spacial score (nSPS) is 19.5. The van der Waals surface area contributed by atoms with Crippen molar-refractivity contribution >= 4 is 6.03 Å². The smallest absolute Gasteiger partial charge is 0.372 e. The van der Waals surface area contributed by atoms with Gasteiger partial charge in [0.25, 0.3) is 0 Å². The lowest BCUT2D eigenvalue weighted by molar-refractivity contribution is -0.174. The van der Waals surface area contributed by atoms with Gasteiger partial charge < -0.3 is 15.0 Å². The average molecular weight is 399 g/mol. The Morgan fingerprint density at radius 1 is 1.11 bits per heavy atom. The van der Waals surface area contributed by atoms with E-state index in [9.17, 15) is 18.0 Å². The first-order valence-electron chi connectivity index (χ1n) is 9.83. The molecule has 2 aliphatic rings. The molecule has 8 heteroatoms. The van der Waals surface area contributed by atoms with Gasteiger partial charge in [0, 0.05) is 51.3 Å². The van der Waals surface area contributed by atoms with Crippen molar-refractivity contribution in [2.75, 3.05) is 52.5 Å². The molecule has 0 aromatic heterocycles. The molecule has 0 bridgehead atoms. The van der Waals surface area contributed by atoms with Crippen molar-refractivity contribution in [3.8, 4) is 0 Å². The van der Waals surface area contributed by atoms with E-state index in [0.717, 1.165) is 25.9 Å². The van der Waals surface area contributed by atoms with Crippen molar-refractivity contribution in [2.24, 2.45) is 0 Å². The first-order valence-corrected chi connectivity index (χ1v) is 9.83. The number of rotatable bonds is 8. The first-order chi connectivity index (χ1) is 13.4. The van der Waals surface area contributed by atoms with Crippen LogP contribution in [-0.2, 0) is 10.2 Å². The van der Waals surface area contributed by atoms with Crippen LogP contribution in [0, 0.1) is 0 Å². The Balaban J connectivity index is 1.31. The van der Waals surface area contributed by atoms with Gasteiger partial charge in [0.1, 0.15) is 6.61 Å². The van der Waals surface area contributed by atoms with Crippen LogP contribution in [0.4, 0.5) is 18.0 Å². The second kappa shape index (κ2) is 9.13. The van der Waals surface area contributed by atoms with Gasteiger partial charge in [-0.2, -0.15) is 13.2 Å². The highest BCUT2D eigenvalue weighted by Gasteiger charge is 2.44. The molecular formula is C20H28F3N3O2. The minimum Gasteiger partial charge on any atom is -0.372 e. The largest absolute Gasteiger partial charge is 0.411 e. The van der Waals surface area contributed by atoms with Crippen molar-refractivity contribution in [2.45, 2.75) is 30.9 Å². The summed E-state index contributed by atoms with van der Waals surface area (Å²) in [5.74, 6) is 0. The second-order valence-corrected chi connectivity index (χ2v) is 7.66. The number of nitrogens with zero attached hydrogens (tertiary/aromatic N) is 2. The maximum atomic E-state index is 12.5. The van der Waals surface area contributed by atoms with E-state index in [2.05, 4.69) is 27.1 Å². The summed E-state index contributed by atoms with van der Waals surface area (Å²) < 4.78 is 40.7. The van der Waals surface area contributed by atoms with Gasteiger partial charge in [-0.15, -0.1) is 0 Å². The number of hydrogen-bond acceptors (Lipinski definition) is 3. The van der Waals surface area contributed by atoms with E-state index >= 15 is 0 Å². The molecule has 0 spiro atoms. The molecule has 5 nitrogen and oxygen atoms in total. The summed E-state index contributed by atoms with van der Waals surface area (Å²) >= 11 is 0. The number of urea groups is 1. The zero-order valence-corrected chi connectivity index (χ0v) is 16.0. The van der Waals surface area contributed by atoms with E-state index < -0.39 is 12.8 Å². The molecule has 0 radical (unpaired) electrons. The summed E-state index contributed by atoms with van der Waals surface area (Å²) in [5, 5.41) is 3.08. The van der Waals surface area contributed by atoms with Crippen LogP contribution in [0.5, 0.6) is 0 Å². The number of halogens is 3. The molecule has 1 aromatic rings. The number of piperazine rings is 1. The lowest BCUT2D eigenvalue weighted by atomic mass is 9.96. The maximum absolute atomic E-state index is 12.5. The fourth-order valence-corrected chi connectivity index (χ4v) is 3.62. The summed E-state index contributed by atoms with van der Waals surface area (Å²) in [7, 11) is 0. The van der Waals surface area contributed by atoms with Crippen LogP contribution in [0.1, 0.15) is 24.8 Å². The van der Waals surface area contributed by atoms with Gasteiger partial charge in [-0.1, -0.05) is 30.3 Å². The number of amides is 2. The van der Waals surface area contributed by atoms with Gasteiger partial charge in [0.2, 0.25) is 0 Å². The van der Waals surface area contributed by atoms with E-state index in [0.29, 0.717) is 32.6 Å². The van der Waals surface area contributed by atoms with E-state index in [4.69, 9.17) is 0 Å². The highest BCUT2D eigenvalue weighted by molar-refractivity contribution is 5.74. The first kappa shape index (κ1) is 20.9. The molecule has 0 unspecified atom stereocenters. The number of carbonyl (C=O) groups excluding carboxylic acids is 1. The number of ether oxygens (including phenoxy) is 1. The Morgan fingerprint density at radius 3 is 2.39 bits per heavy atom. The van der Waals surface area contributed by atoms with E-state index in [1.807, 2.05) is 23.1 Å². The fraction of sp³-hybridized carbons (Fsp3) is 0.650. The Bertz CT molecular complexity index is 627. The van der Waals surface area contributed by atoms with Crippen molar-refractivity contribution in [1.82, 2.24) is 15.1 Å². The van der Waals surface area contributed by atoms with E-state index in [1.165, 1.54) is 5.56 Å².